The van der Waals surface area contributed by atoms with Gasteiger partial charge in [-0.3, -0.25) is 4.79 Å². The molecular weight excluding hydrogens is 414 g/mol. The van der Waals surface area contributed by atoms with Crippen molar-refractivity contribution in [1.82, 2.24) is 9.80 Å². The van der Waals surface area contributed by atoms with Crippen molar-refractivity contribution in [1.29, 1.82) is 0 Å². The van der Waals surface area contributed by atoms with Crippen molar-refractivity contribution in [2.24, 2.45) is 5.41 Å². The van der Waals surface area contributed by atoms with Gasteiger partial charge in [0.1, 0.15) is 12.4 Å². The number of carbonyl (C=O) groups excluding carboxylic acids is 1. The summed E-state index contributed by atoms with van der Waals surface area (Å²) in [4.78, 5) is 17.2. The van der Waals surface area contributed by atoms with E-state index in [4.69, 9.17) is 9.84 Å². The molecule has 1 atom stereocenters. The highest BCUT2D eigenvalue weighted by molar-refractivity contribution is 5.79. The van der Waals surface area contributed by atoms with Gasteiger partial charge in [0, 0.05) is 20.1 Å². The number of likely N-dealkylation sites (tertiary alicyclic amines) is 1. The van der Waals surface area contributed by atoms with E-state index in [1.165, 1.54) is 25.3 Å². The first kappa shape index (κ1) is 22.7. The molecule has 1 amide bonds. The van der Waals surface area contributed by atoms with Crippen molar-refractivity contribution in [3.63, 3.8) is 0 Å². The SMILES string of the molecule is CN(C(=O)Cc1ccc(F)c(F)c1)[C@H](CN1CCC2(CC2)C1)c1ccc(OCCO)cc1. The maximum Gasteiger partial charge on any atom is 0.227 e. The van der Waals surface area contributed by atoms with Gasteiger partial charge in [0.25, 0.3) is 0 Å². The van der Waals surface area contributed by atoms with E-state index in [1.54, 1.807) is 11.9 Å². The van der Waals surface area contributed by atoms with Crippen molar-refractivity contribution in [3.05, 3.63) is 65.2 Å². The highest BCUT2D eigenvalue weighted by Crippen LogP contribution is 2.52. The Balaban J connectivity index is 1.50. The first-order chi connectivity index (χ1) is 15.4. The number of likely N-dealkylation sites (N-methyl/N-ethyl adjacent to an activating group) is 1. The van der Waals surface area contributed by atoms with Gasteiger partial charge in [-0.25, -0.2) is 8.78 Å². The number of aliphatic hydroxyl groups excluding tert-OH is 1. The Labute approximate surface area is 187 Å². The third-order valence-corrected chi connectivity index (χ3v) is 6.73. The number of ether oxygens (including phenoxy) is 1. The molecule has 1 saturated carbocycles. The summed E-state index contributed by atoms with van der Waals surface area (Å²) < 4.78 is 32.3. The largest absolute Gasteiger partial charge is 0.491 e. The number of halogens is 2. The molecule has 2 aromatic rings. The van der Waals surface area contributed by atoms with Gasteiger partial charge in [0.2, 0.25) is 5.91 Å². The standard InChI is InChI=1S/C25H30F2N2O3/c1-28(24(31)15-18-2-7-21(26)22(27)14-18)23(16-29-11-10-25(17-29)8-9-25)19-3-5-20(6-4-19)32-13-12-30/h2-7,14,23,30H,8-13,15-17H2,1H3/t23-/m1/s1. The number of nitrogens with zero attached hydrogens (tertiary/aromatic N) is 2. The Hall–Kier alpha value is -2.51. The van der Waals surface area contributed by atoms with Gasteiger partial charge >= 0.3 is 0 Å². The molecule has 1 saturated heterocycles. The Morgan fingerprint density at radius 3 is 2.53 bits per heavy atom. The van der Waals surface area contributed by atoms with E-state index in [0.29, 0.717) is 16.7 Å². The number of carbonyl (C=O) groups is 1. The maximum atomic E-state index is 13.6. The quantitative estimate of drug-likeness (QED) is 0.643. The lowest BCUT2D eigenvalue weighted by atomic mass is 10.0. The van der Waals surface area contributed by atoms with Gasteiger partial charge in [-0.05, 0) is 66.6 Å². The molecule has 2 fully saturated rings. The predicted octanol–water partition coefficient (Wildman–Crippen LogP) is 3.56. The van der Waals surface area contributed by atoms with E-state index < -0.39 is 11.6 Å². The second-order valence-electron chi connectivity index (χ2n) is 9.07. The zero-order valence-corrected chi connectivity index (χ0v) is 18.4. The fourth-order valence-corrected chi connectivity index (χ4v) is 4.54. The molecule has 1 heterocycles. The van der Waals surface area contributed by atoms with Crippen molar-refractivity contribution >= 4 is 5.91 Å². The van der Waals surface area contributed by atoms with E-state index in [-0.39, 0.29) is 31.6 Å². The molecule has 5 nitrogen and oxygen atoms in total. The van der Waals surface area contributed by atoms with E-state index in [1.807, 2.05) is 24.3 Å². The molecule has 0 bridgehead atoms. The third-order valence-electron chi connectivity index (χ3n) is 6.73. The summed E-state index contributed by atoms with van der Waals surface area (Å²) in [7, 11) is 1.77. The minimum absolute atomic E-state index is 0.00579. The second-order valence-corrected chi connectivity index (χ2v) is 9.07. The number of amides is 1. The van der Waals surface area contributed by atoms with Gasteiger partial charge in [-0.1, -0.05) is 18.2 Å². The smallest absolute Gasteiger partial charge is 0.227 e. The molecule has 2 aliphatic rings. The Morgan fingerprint density at radius 2 is 1.91 bits per heavy atom. The van der Waals surface area contributed by atoms with Crippen LogP contribution in [0, 0.1) is 17.0 Å². The van der Waals surface area contributed by atoms with Crippen LogP contribution in [-0.2, 0) is 11.2 Å². The van der Waals surface area contributed by atoms with Crippen molar-refractivity contribution in [3.8, 4) is 5.75 Å². The molecule has 32 heavy (non-hydrogen) atoms. The summed E-state index contributed by atoms with van der Waals surface area (Å²) in [6.45, 7) is 2.98. The molecule has 0 radical (unpaired) electrons. The fraction of sp³-hybridized carbons (Fsp3) is 0.480. The zero-order chi connectivity index (χ0) is 22.7. The van der Waals surface area contributed by atoms with E-state index in [9.17, 15) is 13.6 Å². The van der Waals surface area contributed by atoms with Crippen LogP contribution in [0.4, 0.5) is 8.78 Å². The van der Waals surface area contributed by atoms with Crippen LogP contribution in [0.2, 0.25) is 0 Å². The molecule has 1 N–H and O–H groups in total. The molecule has 7 heteroatoms. The van der Waals surface area contributed by atoms with E-state index >= 15 is 0 Å². The van der Waals surface area contributed by atoms with Crippen LogP contribution in [0.25, 0.3) is 0 Å². The summed E-state index contributed by atoms with van der Waals surface area (Å²) in [5.74, 6) is -1.35. The first-order valence-corrected chi connectivity index (χ1v) is 11.1. The highest BCUT2D eigenvalue weighted by Gasteiger charge is 2.47. The summed E-state index contributed by atoms with van der Waals surface area (Å²) in [6.07, 6.45) is 3.79. The van der Waals surface area contributed by atoms with Crippen LogP contribution in [0.1, 0.15) is 36.4 Å². The number of hydrogen-bond acceptors (Lipinski definition) is 4. The number of benzene rings is 2. The van der Waals surface area contributed by atoms with Crippen LogP contribution >= 0.6 is 0 Å². The van der Waals surface area contributed by atoms with Crippen LogP contribution in [0.5, 0.6) is 5.75 Å². The molecular formula is C25H30F2N2O3. The second kappa shape index (κ2) is 9.55. The molecule has 0 unspecified atom stereocenters. The van der Waals surface area contributed by atoms with Crippen LogP contribution in [0.15, 0.2) is 42.5 Å². The molecule has 4 rings (SSSR count). The Morgan fingerprint density at radius 1 is 1.16 bits per heavy atom. The molecule has 172 valence electrons. The minimum Gasteiger partial charge on any atom is -0.491 e. The van der Waals surface area contributed by atoms with Crippen molar-refractivity contribution in [2.45, 2.75) is 31.7 Å². The van der Waals surface area contributed by atoms with Crippen LogP contribution in [-0.4, -0.2) is 60.7 Å². The molecule has 2 aromatic carbocycles. The third kappa shape index (κ3) is 5.27. The Kier molecular flexibility index (Phi) is 6.76. The fourth-order valence-electron chi connectivity index (χ4n) is 4.54. The van der Waals surface area contributed by atoms with E-state index in [2.05, 4.69) is 4.90 Å². The lowest BCUT2D eigenvalue weighted by Gasteiger charge is -2.32. The maximum absolute atomic E-state index is 13.6. The average molecular weight is 445 g/mol. The lowest BCUT2D eigenvalue weighted by Crippen LogP contribution is -2.39. The molecule has 0 aromatic heterocycles. The van der Waals surface area contributed by atoms with Gasteiger partial charge in [0.05, 0.1) is 19.1 Å². The summed E-state index contributed by atoms with van der Waals surface area (Å²) in [6, 6.07) is 11.0. The first-order valence-electron chi connectivity index (χ1n) is 11.1. The topological polar surface area (TPSA) is 53.0 Å². The van der Waals surface area contributed by atoms with Gasteiger partial charge in [0.15, 0.2) is 11.6 Å². The predicted molar refractivity (Wildman–Crippen MR) is 117 cm³/mol. The lowest BCUT2D eigenvalue weighted by molar-refractivity contribution is -0.131. The van der Waals surface area contributed by atoms with E-state index in [0.717, 1.165) is 37.3 Å². The summed E-state index contributed by atoms with van der Waals surface area (Å²) >= 11 is 0. The molecule has 1 aliphatic carbocycles. The highest BCUT2D eigenvalue weighted by atomic mass is 19.2. The van der Waals surface area contributed by atoms with Crippen LogP contribution in [0.3, 0.4) is 0 Å². The number of hydrogen-bond donors (Lipinski definition) is 1. The summed E-state index contributed by atoms with van der Waals surface area (Å²) in [5.41, 5.74) is 1.92. The monoisotopic (exact) mass is 444 g/mol. The number of rotatable bonds is 9. The van der Waals surface area contributed by atoms with Crippen molar-refractivity contribution in [2.75, 3.05) is 39.9 Å². The minimum atomic E-state index is -0.945. The summed E-state index contributed by atoms with van der Waals surface area (Å²) in [5, 5.41) is 8.95. The van der Waals surface area contributed by atoms with Gasteiger partial charge in [-0.2, -0.15) is 0 Å². The van der Waals surface area contributed by atoms with Crippen LogP contribution < -0.4 is 4.74 Å². The average Bonchev–Trinajstić information content (AvgIpc) is 3.43. The van der Waals surface area contributed by atoms with Gasteiger partial charge in [-0.15, -0.1) is 0 Å². The normalized spacial score (nSPS) is 18.0. The van der Waals surface area contributed by atoms with Crippen molar-refractivity contribution < 1.29 is 23.4 Å². The number of aliphatic hydroxyl groups is 1. The Bertz CT molecular complexity index is 947. The molecule has 1 spiro atoms. The molecule has 1 aliphatic heterocycles. The zero-order valence-electron chi connectivity index (χ0n) is 18.4. The van der Waals surface area contributed by atoms with Gasteiger partial charge < -0.3 is 19.6 Å².